The molecule has 162 valence electrons. The second-order valence-electron chi connectivity index (χ2n) is 8.82. The minimum atomic E-state index is -0.0663. The zero-order valence-corrected chi connectivity index (χ0v) is 18.2. The highest BCUT2D eigenvalue weighted by atomic mass is 16.5. The first-order chi connectivity index (χ1) is 16.7. The van der Waals surface area contributed by atoms with Crippen LogP contribution in [0.3, 0.4) is 0 Å². The zero-order chi connectivity index (χ0) is 22.8. The third-order valence-electron chi connectivity index (χ3n) is 7.00. The third-order valence-corrected chi connectivity index (χ3v) is 7.00. The van der Waals surface area contributed by atoms with Crippen LogP contribution in [-0.2, 0) is 0 Å². The van der Waals surface area contributed by atoms with Gasteiger partial charge < -0.3 is 14.9 Å². The van der Waals surface area contributed by atoms with Crippen molar-refractivity contribution in [2.45, 2.75) is 5.92 Å². The molecule has 1 aliphatic rings. The maximum absolute atomic E-state index is 10.5. The Bertz CT molecular complexity index is 1670. The van der Waals surface area contributed by atoms with Gasteiger partial charge in [-0.1, -0.05) is 91.0 Å². The maximum Gasteiger partial charge on any atom is 0.139 e. The van der Waals surface area contributed by atoms with Crippen LogP contribution in [-0.4, -0.2) is 10.2 Å². The number of benzene rings is 6. The van der Waals surface area contributed by atoms with Crippen LogP contribution in [0.2, 0.25) is 0 Å². The lowest BCUT2D eigenvalue weighted by Gasteiger charge is -2.31. The van der Waals surface area contributed by atoms with Crippen molar-refractivity contribution < 1.29 is 14.9 Å². The maximum atomic E-state index is 10.5. The van der Waals surface area contributed by atoms with Gasteiger partial charge in [-0.2, -0.15) is 0 Å². The van der Waals surface area contributed by atoms with Crippen LogP contribution in [0.5, 0.6) is 23.0 Å². The third kappa shape index (κ3) is 2.58. The summed E-state index contributed by atoms with van der Waals surface area (Å²) in [6.45, 7) is 0. The molecule has 2 N–H and O–H groups in total. The molecule has 0 saturated heterocycles. The lowest BCUT2D eigenvalue weighted by Crippen LogP contribution is -2.12. The molecule has 34 heavy (non-hydrogen) atoms. The van der Waals surface area contributed by atoms with Crippen LogP contribution >= 0.6 is 0 Å². The van der Waals surface area contributed by atoms with Gasteiger partial charge in [0, 0.05) is 38.6 Å². The van der Waals surface area contributed by atoms with Crippen molar-refractivity contribution in [3.63, 3.8) is 0 Å². The molecular formula is C31H20O3. The molecule has 0 aromatic heterocycles. The Labute approximate surface area is 196 Å². The topological polar surface area (TPSA) is 49.7 Å². The minimum Gasteiger partial charge on any atom is -0.507 e. The van der Waals surface area contributed by atoms with E-state index in [-0.39, 0.29) is 17.4 Å². The fourth-order valence-corrected chi connectivity index (χ4v) is 5.45. The largest absolute Gasteiger partial charge is 0.507 e. The fraction of sp³-hybridized carbons (Fsp3) is 0.0323. The first-order valence-corrected chi connectivity index (χ1v) is 11.4. The molecular weight excluding hydrogens is 420 g/mol. The zero-order valence-electron chi connectivity index (χ0n) is 18.2. The quantitative estimate of drug-likeness (QED) is 0.273. The van der Waals surface area contributed by atoms with Crippen molar-refractivity contribution in [2.24, 2.45) is 0 Å². The number of rotatable bonds is 1. The molecule has 3 nitrogen and oxygen atoms in total. The van der Waals surface area contributed by atoms with Gasteiger partial charge in [0.1, 0.15) is 23.0 Å². The van der Waals surface area contributed by atoms with Crippen molar-refractivity contribution >= 4 is 32.3 Å². The van der Waals surface area contributed by atoms with E-state index in [2.05, 4.69) is 54.6 Å². The Morgan fingerprint density at radius 3 is 1.62 bits per heavy atom. The van der Waals surface area contributed by atoms with Gasteiger partial charge in [-0.25, -0.2) is 0 Å². The van der Waals surface area contributed by atoms with Crippen LogP contribution in [0.4, 0.5) is 0 Å². The molecule has 3 heteroatoms. The monoisotopic (exact) mass is 440 g/mol. The first-order valence-electron chi connectivity index (χ1n) is 11.4. The Morgan fingerprint density at radius 2 is 0.971 bits per heavy atom. The highest BCUT2D eigenvalue weighted by molar-refractivity contribution is 5.99. The summed E-state index contributed by atoms with van der Waals surface area (Å²) in [4.78, 5) is 0. The van der Waals surface area contributed by atoms with Gasteiger partial charge in [-0.15, -0.1) is 0 Å². The van der Waals surface area contributed by atoms with Gasteiger partial charge in [0.15, 0.2) is 0 Å². The normalized spacial score (nSPS) is 13.1. The summed E-state index contributed by atoms with van der Waals surface area (Å²) in [5.41, 5.74) is 3.31. The molecule has 0 saturated carbocycles. The van der Waals surface area contributed by atoms with Gasteiger partial charge in [-0.05, 0) is 28.5 Å². The second kappa shape index (κ2) is 7.00. The summed E-state index contributed by atoms with van der Waals surface area (Å²) in [7, 11) is 0. The SMILES string of the molecule is Oc1cccc2c3c(ccc12)C(c1cccc2ccccc12)c1ccc2c(O)cccc2c1O3. The second-order valence-corrected chi connectivity index (χ2v) is 8.82. The number of phenolic OH excluding ortho intramolecular Hbond substituents is 2. The van der Waals surface area contributed by atoms with Crippen molar-refractivity contribution in [1.82, 2.24) is 0 Å². The van der Waals surface area contributed by atoms with Crippen molar-refractivity contribution in [2.75, 3.05) is 0 Å². The number of aromatic hydroxyl groups is 2. The van der Waals surface area contributed by atoms with Crippen LogP contribution in [0, 0.1) is 0 Å². The van der Waals surface area contributed by atoms with Gasteiger partial charge in [0.25, 0.3) is 0 Å². The smallest absolute Gasteiger partial charge is 0.139 e. The van der Waals surface area contributed by atoms with Crippen LogP contribution in [0.1, 0.15) is 22.6 Å². The number of ether oxygens (including phenoxy) is 1. The molecule has 1 aliphatic heterocycles. The van der Waals surface area contributed by atoms with Gasteiger partial charge in [-0.3, -0.25) is 0 Å². The summed E-state index contributed by atoms with van der Waals surface area (Å²) in [6, 6.07) is 34.0. The molecule has 6 aromatic carbocycles. The number of phenols is 2. The van der Waals surface area contributed by atoms with Crippen molar-refractivity contribution in [3.8, 4) is 23.0 Å². The van der Waals surface area contributed by atoms with E-state index >= 15 is 0 Å². The molecule has 0 bridgehead atoms. The van der Waals surface area contributed by atoms with Crippen molar-refractivity contribution in [3.05, 3.63) is 120 Å². The van der Waals surface area contributed by atoms with E-state index in [1.54, 1.807) is 12.1 Å². The number of fused-ring (bicyclic) bond motifs is 7. The average molecular weight is 440 g/mol. The lowest BCUT2D eigenvalue weighted by molar-refractivity contribution is 0.461. The van der Waals surface area contributed by atoms with Crippen LogP contribution in [0.15, 0.2) is 103 Å². The van der Waals surface area contributed by atoms with Gasteiger partial charge in [0.2, 0.25) is 0 Å². The van der Waals surface area contributed by atoms with E-state index in [9.17, 15) is 10.2 Å². The van der Waals surface area contributed by atoms with Gasteiger partial charge >= 0.3 is 0 Å². The molecule has 0 amide bonds. The standard InChI is InChI=1S/C31H20O3/c32-27-12-4-10-23-20(27)14-16-25-29(22-9-3-7-18-6-1-2-8-19(18)22)26-17-15-21-24(11-5-13-28(21)33)31(26)34-30(23)25/h1-17,29,32-33H. The number of hydrogen-bond donors (Lipinski definition) is 2. The molecule has 0 unspecified atom stereocenters. The molecule has 0 fully saturated rings. The molecule has 0 aliphatic carbocycles. The average Bonchev–Trinajstić information content (AvgIpc) is 2.87. The van der Waals surface area contributed by atoms with Crippen LogP contribution in [0.25, 0.3) is 32.3 Å². The summed E-state index contributed by atoms with van der Waals surface area (Å²) in [5.74, 6) is 1.88. The minimum absolute atomic E-state index is 0.0663. The highest BCUT2D eigenvalue weighted by Crippen LogP contribution is 2.54. The predicted octanol–water partition coefficient (Wildman–Crippen LogP) is 7.84. The van der Waals surface area contributed by atoms with E-state index in [0.29, 0.717) is 0 Å². The summed E-state index contributed by atoms with van der Waals surface area (Å²) < 4.78 is 6.66. The van der Waals surface area contributed by atoms with E-state index < -0.39 is 0 Å². The van der Waals surface area contributed by atoms with E-state index in [0.717, 1.165) is 44.2 Å². The van der Waals surface area contributed by atoms with Crippen LogP contribution < -0.4 is 4.74 Å². The summed E-state index contributed by atoms with van der Waals surface area (Å²) in [5, 5.41) is 26.6. The Kier molecular flexibility index (Phi) is 3.91. The van der Waals surface area contributed by atoms with Crippen molar-refractivity contribution in [1.29, 1.82) is 0 Å². The Balaban J connectivity index is 1.62. The van der Waals surface area contributed by atoms with E-state index in [1.165, 1.54) is 16.3 Å². The Hall–Kier alpha value is -4.50. The molecule has 0 atom stereocenters. The first kappa shape index (κ1) is 19.0. The fourth-order valence-electron chi connectivity index (χ4n) is 5.45. The van der Waals surface area contributed by atoms with Gasteiger partial charge in [0.05, 0.1) is 0 Å². The Morgan fingerprint density at radius 1 is 0.441 bits per heavy atom. The summed E-state index contributed by atoms with van der Waals surface area (Å²) in [6.07, 6.45) is 0. The van der Waals surface area contributed by atoms with E-state index in [1.807, 2.05) is 36.4 Å². The molecule has 1 heterocycles. The highest BCUT2D eigenvalue weighted by Gasteiger charge is 2.32. The van der Waals surface area contributed by atoms with E-state index in [4.69, 9.17) is 4.74 Å². The predicted molar refractivity (Wildman–Crippen MR) is 136 cm³/mol. The molecule has 7 rings (SSSR count). The molecule has 0 radical (unpaired) electrons. The lowest BCUT2D eigenvalue weighted by atomic mass is 9.79. The summed E-state index contributed by atoms with van der Waals surface area (Å²) >= 11 is 0. The molecule has 6 aromatic rings. The molecule has 0 spiro atoms. The number of hydrogen-bond acceptors (Lipinski definition) is 3.